The van der Waals surface area contributed by atoms with Crippen LogP contribution in [0.15, 0.2) is 11.1 Å². The van der Waals surface area contributed by atoms with E-state index in [4.69, 9.17) is 10.5 Å². The summed E-state index contributed by atoms with van der Waals surface area (Å²) in [5.74, 6) is 1.03. The average molecular weight is 439 g/mol. The van der Waals surface area contributed by atoms with Crippen molar-refractivity contribution in [3.8, 4) is 11.5 Å². The van der Waals surface area contributed by atoms with Gasteiger partial charge in [0.25, 0.3) is 5.91 Å². The minimum Gasteiger partial charge on any atom is -0.453 e. The summed E-state index contributed by atoms with van der Waals surface area (Å²) < 4.78 is 7.44. The molecule has 27 heavy (non-hydrogen) atoms. The second-order valence-corrected chi connectivity index (χ2v) is 7.51. The maximum atomic E-state index is 12.3. The summed E-state index contributed by atoms with van der Waals surface area (Å²) in [7, 11) is 0. The molecule has 0 aliphatic carbocycles. The highest BCUT2D eigenvalue weighted by Gasteiger charge is 2.27. The number of nitrogens with two attached hydrogens (primary N) is 1. The van der Waals surface area contributed by atoms with Crippen molar-refractivity contribution in [3.05, 3.63) is 11.1 Å². The lowest BCUT2D eigenvalue weighted by Crippen LogP contribution is -2.44. The van der Waals surface area contributed by atoms with E-state index in [0.29, 0.717) is 35.3 Å². The van der Waals surface area contributed by atoms with Crippen LogP contribution < -0.4 is 5.73 Å². The first-order valence-electron chi connectivity index (χ1n) is 8.95. The number of amides is 1. The van der Waals surface area contributed by atoms with Crippen molar-refractivity contribution in [2.24, 2.45) is 5.92 Å². The molecule has 1 fully saturated rings. The van der Waals surface area contributed by atoms with Gasteiger partial charge in [0.1, 0.15) is 0 Å². The number of anilines is 1. The quantitative estimate of drug-likeness (QED) is 0.557. The Kier molecular flexibility index (Phi) is 5.93. The van der Waals surface area contributed by atoms with E-state index in [9.17, 15) is 9.59 Å². The number of likely N-dealkylation sites (tertiary alicyclic amines) is 1. The van der Waals surface area contributed by atoms with Gasteiger partial charge in [-0.1, -0.05) is 0 Å². The predicted octanol–water partition coefficient (Wildman–Crippen LogP) is 1.70. The minimum atomic E-state index is -0.724. The Hall–Kier alpha value is -2.23. The van der Waals surface area contributed by atoms with Gasteiger partial charge in [0.15, 0.2) is 28.2 Å². The van der Waals surface area contributed by atoms with Crippen LogP contribution in [0, 0.1) is 5.92 Å². The van der Waals surface area contributed by atoms with Gasteiger partial charge >= 0.3 is 5.97 Å². The zero-order valence-electron chi connectivity index (χ0n) is 15.4. The SMILES string of the molecule is CC(=O)O[C@@H](C)C(=O)N1CCC(CCn2cnc(N)c3nc(Br)nc2-3)CC1. The molecule has 2 N–H and O–H groups in total. The lowest BCUT2D eigenvalue weighted by molar-refractivity contribution is -0.158. The van der Waals surface area contributed by atoms with Gasteiger partial charge < -0.3 is 19.9 Å². The second-order valence-electron chi connectivity index (χ2n) is 6.80. The number of rotatable bonds is 5. The highest BCUT2D eigenvalue weighted by atomic mass is 79.9. The fourth-order valence-electron chi connectivity index (χ4n) is 3.41. The van der Waals surface area contributed by atoms with Gasteiger partial charge in [-0.3, -0.25) is 9.59 Å². The number of piperidine rings is 1. The van der Waals surface area contributed by atoms with Crippen molar-refractivity contribution >= 4 is 33.6 Å². The number of hydrogen-bond donors (Lipinski definition) is 1. The van der Waals surface area contributed by atoms with E-state index < -0.39 is 12.1 Å². The van der Waals surface area contributed by atoms with Gasteiger partial charge in [0, 0.05) is 26.6 Å². The van der Waals surface area contributed by atoms with Crippen LogP contribution in [0.25, 0.3) is 11.5 Å². The number of fused-ring (bicyclic) bond motifs is 1. The van der Waals surface area contributed by atoms with Gasteiger partial charge in [0.2, 0.25) is 0 Å². The fourth-order valence-corrected chi connectivity index (χ4v) is 3.76. The molecule has 3 heterocycles. The molecule has 1 saturated heterocycles. The average Bonchev–Trinajstić information content (AvgIpc) is 3.03. The molecular weight excluding hydrogens is 416 g/mol. The first-order valence-corrected chi connectivity index (χ1v) is 9.74. The Morgan fingerprint density at radius 1 is 1.37 bits per heavy atom. The lowest BCUT2D eigenvalue weighted by atomic mass is 9.93. The third kappa shape index (κ3) is 4.55. The molecule has 0 radical (unpaired) electrons. The van der Waals surface area contributed by atoms with E-state index in [1.54, 1.807) is 18.2 Å². The monoisotopic (exact) mass is 438 g/mol. The third-order valence-electron chi connectivity index (χ3n) is 4.86. The molecule has 0 unspecified atom stereocenters. The van der Waals surface area contributed by atoms with Crippen LogP contribution in [0.3, 0.4) is 0 Å². The van der Waals surface area contributed by atoms with Gasteiger partial charge in [0.05, 0.1) is 6.33 Å². The Morgan fingerprint density at radius 3 is 2.74 bits per heavy atom. The highest BCUT2D eigenvalue weighted by molar-refractivity contribution is 9.10. The topological polar surface area (TPSA) is 116 Å². The number of nitrogen functional groups attached to an aromatic ring is 1. The van der Waals surface area contributed by atoms with Crippen LogP contribution in [0.4, 0.5) is 5.82 Å². The summed E-state index contributed by atoms with van der Waals surface area (Å²) in [6.07, 6.45) is 3.76. The van der Waals surface area contributed by atoms with Crippen LogP contribution in [0.1, 0.15) is 33.1 Å². The second kappa shape index (κ2) is 8.20. The van der Waals surface area contributed by atoms with Crippen molar-refractivity contribution in [2.45, 2.75) is 45.8 Å². The van der Waals surface area contributed by atoms with E-state index in [0.717, 1.165) is 31.6 Å². The van der Waals surface area contributed by atoms with Gasteiger partial charge in [-0.05, 0) is 48.0 Å². The fraction of sp³-hybridized carbons (Fsp3) is 0.588. The number of aromatic nitrogens is 4. The molecule has 0 aromatic heterocycles. The summed E-state index contributed by atoms with van der Waals surface area (Å²) in [5.41, 5.74) is 6.46. The van der Waals surface area contributed by atoms with Crippen molar-refractivity contribution in [1.29, 1.82) is 0 Å². The molecule has 1 amide bonds. The first-order chi connectivity index (χ1) is 12.8. The van der Waals surface area contributed by atoms with E-state index in [1.807, 2.05) is 4.57 Å². The molecule has 0 spiro atoms. The Morgan fingerprint density at radius 2 is 2.07 bits per heavy atom. The molecule has 3 aliphatic rings. The Bertz CT molecular complexity index is 802. The molecule has 1 atom stereocenters. The maximum Gasteiger partial charge on any atom is 0.303 e. The number of esters is 1. The Labute approximate surface area is 165 Å². The number of carbonyl (C=O) groups is 2. The summed E-state index contributed by atoms with van der Waals surface area (Å²) in [5, 5.41) is 0. The smallest absolute Gasteiger partial charge is 0.303 e. The molecule has 146 valence electrons. The van der Waals surface area contributed by atoms with Crippen LogP contribution in [0.5, 0.6) is 0 Å². The number of carbonyl (C=O) groups excluding carboxylic acids is 2. The van der Waals surface area contributed by atoms with Crippen molar-refractivity contribution in [2.75, 3.05) is 18.8 Å². The summed E-state index contributed by atoms with van der Waals surface area (Å²) in [6.45, 7) is 5.04. The summed E-state index contributed by atoms with van der Waals surface area (Å²) in [4.78, 5) is 37.9. The van der Waals surface area contributed by atoms with E-state index in [-0.39, 0.29) is 5.91 Å². The molecule has 3 aliphatic heterocycles. The van der Waals surface area contributed by atoms with E-state index in [2.05, 4.69) is 30.9 Å². The zero-order valence-corrected chi connectivity index (χ0v) is 17.0. The number of ether oxygens (including phenoxy) is 1. The van der Waals surface area contributed by atoms with E-state index in [1.165, 1.54) is 6.92 Å². The number of imidazole rings is 1. The first kappa shape index (κ1) is 19.5. The largest absolute Gasteiger partial charge is 0.453 e. The van der Waals surface area contributed by atoms with Gasteiger partial charge in [-0.2, -0.15) is 0 Å². The van der Waals surface area contributed by atoms with Crippen LogP contribution >= 0.6 is 15.9 Å². The number of aryl methyl sites for hydroxylation is 1. The van der Waals surface area contributed by atoms with Gasteiger partial charge in [-0.15, -0.1) is 0 Å². The number of halogens is 1. The van der Waals surface area contributed by atoms with Crippen molar-refractivity contribution in [3.63, 3.8) is 0 Å². The molecule has 9 nitrogen and oxygen atoms in total. The number of nitrogens with zero attached hydrogens (tertiary/aromatic N) is 5. The molecule has 10 heteroatoms. The molecular formula is C17H23BrN6O3. The number of hydrogen-bond acceptors (Lipinski definition) is 7. The molecule has 0 bridgehead atoms. The highest BCUT2D eigenvalue weighted by Crippen LogP contribution is 2.27. The Balaban J connectivity index is 1.53. The maximum absolute atomic E-state index is 12.3. The van der Waals surface area contributed by atoms with Crippen LogP contribution in [-0.4, -0.2) is 55.5 Å². The zero-order chi connectivity index (χ0) is 19.6. The lowest BCUT2D eigenvalue weighted by Gasteiger charge is -2.33. The van der Waals surface area contributed by atoms with Crippen molar-refractivity contribution < 1.29 is 14.3 Å². The van der Waals surface area contributed by atoms with Crippen molar-refractivity contribution in [1.82, 2.24) is 24.4 Å². The van der Waals surface area contributed by atoms with Crippen LogP contribution in [0.2, 0.25) is 0 Å². The van der Waals surface area contributed by atoms with Crippen LogP contribution in [-0.2, 0) is 20.9 Å². The van der Waals surface area contributed by atoms with E-state index >= 15 is 0 Å². The molecule has 3 rings (SSSR count). The molecule has 0 saturated carbocycles. The normalized spacial score (nSPS) is 16.5. The summed E-state index contributed by atoms with van der Waals surface area (Å²) >= 11 is 3.28. The molecule has 0 aromatic rings. The minimum absolute atomic E-state index is 0.126. The molecule has 0 aromatic carbocycles. The third-order valence-corrected chi connectivity index (χ3v) is 5.21. The standard InChI is InChI=1S/C17H23BrN6O3/c1-10(27-11(2)25)16(26)23-6-3-12(4-7-23)5-8-24-9-20-14(19)13-15(24)22-17(18)21-13/h9-10,12H,3-8,19H2,1-2H3/t10-/m0/s1. The van der Waals surface area contributed by atoms with Gasteiger partial charge in [-0.25, -0.2) is 15.0 Å². The summed E-state index contributed by atoms with van der Waals surface area (Å²) in [6, 6.07) is 0. The predicted molar refractivity (Wildman–Crippen MR) is 102 cm³/mol.